The van der Waals surface area contributed by atoms with Gasteiger partial charge in [-0.1, -0.05) is 55.8 Å². The van der Waals surface area contributed by atoms with Crippen molar-refractivity contribution in [2.45, 2.75) is 32.6 Å². The van der Waals surface area contributed by atoms with Crippen LogP contribution in [0.15, 0.2) is 48.5 Å². The van der Waals surface area contributed by atoms with Gasteiger partial charge in [-0.3, -0.25) is 9.59 Å². The van der Waals surface area contributed by atoms with Gasteiger partial charge < -0.3 is 10.6 Å². The quantitative estimate of drug-likeness (QED) is 0.759. The minimum absolute atomic E-state index is 0.129. The lowest BCUT2D eigenvalue weighted by atomic mass is 9.97. The molecule has 0 unspecified atom stereocenters. The van der Waals surface area contributed by atoms with E-state index >= 15 is 0 Å². The molecule has 0 aliphatic heterocycles. The van der Waals surface area contributed by atoms with Gasteiger partial charge in [-0.25, -0.2) is 0 Å². The van der Waals surface area contributed by atoms with Gasteiger partial charge in [0.15, 0.2) is 0 Å². The summed E-state index contributed by atoms with van der Waals surface area (Å²) in [6.45, 7) is 4.50. The van der Waals surface area contributed by atoms with Crippen LogP contribution >= 0.6 is 11.6 Å². The van der Waals surface area contributed by atoms with Gasteiger partial charge in [-0.15, -0.1) is 0 Å². The number of halogens is 1. The molecule has 0 aliphatic rings. The molecule has 5 heteroatoms. The fourth-order valence-electron chi connectivity index (χ4n) is 2.50. The van der Waals surface area contributed by atoms with E-state index in [0.717, 1.165) is 17.7 Å². The number of para-hydroxylation sites is 1. The van der Waals surface area contributed by atoms with Crippen LogP contribution < -0.4 is 10.6 Å². The SMILES string of the molecule is CC[C@@H](C)c1ccccc1NC(=O)CCNC(=O)c1ccccc1Cl. The van der Waals surface area contributed by atoms with Gasteiger partial charge in [0, 0.05) is 18.7 Å². The summed E-state index contributed by atoms with van der Waals surface area (Å²) < 4.78 is 0. The van der Waals surface area contributed by atoms with E-state index in [2.05, 4.69) is 24.5 Å². The number of hydrogen-bond acceptors (Lipinski definition) is 2. The Morgan fingerprint density at radius 1 is 1.08 bits per heavy atom. The Morgan fingerprint density at radius 3 is 2.48 bits per heavy atom. The number of anilines is 1. The molecule has 0 heterocycles. The second kappa shape index (κ2) is 9.23. The van der Waals surface area contributed by atoms with Crippen molar-refractivity contribution < 1.29 is 9.59 Å². The predicted molar refractivity (Wildman–Crippen MR) is 102 cm³/mol. The van der Waals surface area contributed by atoms with Gasteiger partial charge in [0.05, 0.1) is 10.6 Å². The first-order chi connectivity index (χ1) is 12.0. The lowest BCUT2D eigenvalue weighted by Gasteiger charge is -2.15. The van der Waals surface area contributed by atoms with E-state index in [1.165, 1.54) is 0 Å². The first-order valence-electron chi connectivity index (χ1n) is 8.44. The second-order valence-electron chi connectivity index (χ2n) is 5.93. The first kappa shape index (κ1) is 19.0. The highest BCUT2D eigenvalue weighted by atomic mass is 35.5. The highest BCUT2D eigenvalue weighted by Crippen LogP contribution is 2.26. The first-order valence-corrected chi connectivity index (χ1v) is 8.82. The fraction of sp³-hybridized carbons (Fsp3) is 0.300. The average Bonchev–Trinajstić information content (AvgIpc) is 2.61. The smallest absolute Gasteiger partial charge is 0.252 e. The zero-order valence-corrected chi connectivity index (χ0v) is 15.3. The molecule has 132 valence electrons. The van der Waals surface area contributed by atoms with E-state index in [1.807, 2.05) is 24.3 Å². The van der Waals surface area contributed by atoms with E-state index in [-0.39, 0.29) is 24.8 Å². The maximum atomic E-state index is 12.2. The molecule has 0 bridgehead atoms. The van der Waals surface area contributed by atoms with Crippen LogP contribution in [0.1, 0.15) is 48.5 Å². The molecule has 1 atom stereocenters. The molecule has 25 heavy (non-hydrogen) atoms. The lowest BCUT2D eigenvalue weighted by Crippen LogP contribution is -2.28. The van der Waals surface area contributed by atoms with Gasteiger partial charge in [-0.2, -0.15) is 0 Å². The standard InChI is InChI=1S/C20H23ClN2O2/c1-3-14(2)15-8-5-7-11-18(15)23-19(24)12-13-22-20(25)16-9-4-6-10-17(16)21/h4-11,14H,3,12-13H2,1-2H3,(H,22,25)(H,23,24)/t14-/m1/s1. The molecule has 0 aliphatic carbocycles. The van der Waals surface area contributed by atoms with Crippen molar-refractivity contribution in [3.05, 3.63) is 64.7 Å². The highest BCUT2D eigenvalue weighted by Gasteiger charge is 2.12. The van der Waals surface area contributed by atoms with Crippen LogP contribution in [0.25, 0.3) is 0 Å². The minimum Gasteiger partial charge on any atom is -0.351 e. The zero-order chi connectivity index (χ0) is 18.2. The molecular formula is C20H23ClN2O2. The summed E-state index contributed by atoms with van der Waals surface area (Å²) in [5, 5.41) is 6.05. The van der Waals surface area contributed by atoms with Gasteiger partial charge in [-0.05, 0) is 36.1 Å². The van der Waals surface area contributed by atoms with Crippen molar-refractivity contribution in [2.24, 2.45) is 0 Å². The molecule has 0 radical (unpaired) electrons. The zero-order valence-electron chi connectivity index (χ0n) is 14.5. The van der Waals surface area contributed by atoms with Crippen LogP contribution in [-0.4, -0.2) is 18.4 Å². The van der Waals surface area contributed by atoms with Crippen LogP contribution in [-0.2, 0) is 4.79 Å². The molecule has 0 saturated carbocycles. The fourth-order valence-corrected chi connectivity index (χ4v) is 2.72. The molecule has 0 fully saturated rings. The number of carbonyl (C=O) groups is 2. The van der Waals surface area contributed by atoms with Crippen LogP contribution in [0.4, 0.5) is 5.69 Å². The molecule has 4 nitrogen and oxygen atoms in total. The summed E-state index contributed by atoms with van der Waals surface area (Å²) in [5.41, 5.74) is 2.37. The van der Waals surface area contributed by atoms with Crippen molar-refractivity contribution in [3.8, 4) is 0 Å². The summed E-state index contributed by atoms with van der Waals surface area (Å²) in [7, 11) is 0. The average molecular weight is 359 g/mol. The van der Waals surface area contributed by atoms with Crippen molar-refractivity contribution in [3.63, 3.8) is 0 Å². The lowest BCUT2D eigenvalue weighted by molar-refractivity contribution is -0.116. The Balaban J connectivity index is 1.88. The van der Waals surface area contributed by atoms with Crippen LogP contribution in [0.5, 0.6) is 0 Å². The Kier molecular flexibility index (Phi) is 7.02. The third-order valence-electron chi connectivity index (χ3n) is 4.13. The molecule has 0 aromatic heterocycles. The Bertz CT molecular complexity index is 746. The monoisotopic (exact) mass is 358 g/mol. The second-order valence-corrected chi connectivity index (χ2v) is 6.34. The summed E-state index contributed by atoms with van der Waals surface area (Å²) in [4.78, 5) is 24.2. The minimum atomic E-state index is -0.279. The molecule has 0 spiro atoms. The molecule has 2 amide bonds. The van der Waals surface area contributed by atoms with Crippen molar-refractivity contribution in [1.29, 1.82) is 0 Å². The normalized spacial score (nSPS) is 11.6. The largest absolute Gasteiger partial charge is 0.351 e. The molecular weight excluding hydrogens is 336 g/mol. The van der Waals surface area contributed by atoms with E-state index in [1.54, 1.807) is 24.3 Å². The van der Waals surface area contributed by atoms with Gasteiger partial charge in [0.2, 0.25) is 5.91 Å². The van der Waals surface area contributed by atoms with Gasteiger partial charge in [0.25, 0.3) is 5.91 Å². The summed E-state index contributed by atoms with van der Waals surface area (Å²) >= 11 is 5.99. The van der Waals surface area contributed by atoms with Gasteiger partial charge in [0.1, 0.15) is 0 Å². The molecule has 2 aromatic carbocycles. The van der Waals surface area contributed by atoms with E-state index < -0.39 is 0 Å². The Hall–Kier alpha value is -2.33. The van der Waals surface area contributed by atoms with Crippen molar-refractivity contribution >= 4 is 29.1 Å². The Labute approximate surface area is 153 Å². The molecule has 2 aromatic rings. The molecule has 2 N–H and O–H groups in total. The number of hydrogen-bond donors (Lipinski definition) is 2. The Morgan fingerprint density at radius 2 is 1.76 bits per heavy atom. The van der Waals surface area contributed by atoms with Gasteiger partial charge >= 0.3 is 0 Å². The third-order valence-corrected chi connectivity index (χ3v) is 4.46. The van der Waals surface area contributed by atoms with E-state index in [4.69, 9.17) is 11.6 Å². The summed E-state index contributed by atoms with van der Waals surface area (Å²) in [6, 6.07) is 14.6. The maximum Gasteiger partial charge on any atom is 0.252 e. The number of carbonyl (C=O) groups excluding carboxylic acids is 2. The number of rotatable bonds is 7. The number of amides is 2. The molecule has 2 rings (SSSR count). The van der Waals surface area contributed by atoms with Crippen molar-refractivity contribution in [1.82, 2.24) is 5.32 Å². The summed E-state index contributed by atoms with van der Waals surface area (Å²) in [6.07, 6.45) is 1.20. The summed E-state index contributed by atoms with van der Waals surface area (Å²) in [5.74, 6) is -0.0370. The highest BCUT2D eigenvalue weighted by molar-refractivity contribution is 6.33. The van der Waals surface area contributed by atoms with Crippen molar-refractivity contribution in [2.75, 3.05) is 11.9 Å². The predicted octanol–water partition coefficient (Wildman–Crippen LogP) is 4.61. The topological polar surface area (TPSA) is 58.2 Å². The maximum absolute atomic E-state index is 12.2. The third kappa shape index (κ3) is 5.33. The molecule has 0 saturated heterocycles. The van der Waals surface area contributed by atoms with Crippen LogP contribution in [0.3, 0.4) is 0 Å². The van der Waals surface area contributed by atoms with E-state index in [9.17, 15) is 9.59 Å². The van der Waals surface area contributed by atoms with Crippen LogP contribution in [0.2, 0.25) is 5.02 Å². The van der Waals surface area contributed by atoms with Crippen LogP contribution in [0, 0.1) is 0 Å². The number of nitrogens with one attached hydrogen (secondary N) is 2. The van der Waals surface area contributed by atoms with E-state index in [0.29, 0.717) is 16.5 Å². The number of benzene rings is 2.